The third kappa shape index (κ3) is 9.85. The molecule has 0 bridgehead atoms. The van der Waals surface area contributed by atoms with E-state index in [0.29, 0.717) is 6.42 Å². The Morgan fingerprint density at radius 1 is 1.00 bits per heavy atom. The van der Waals surface area contributed by atoms with Crippen molar-refractivity contribution in [2.24, 2.45) is 10.2 Å². The van der Waals surface area contributed by atoms with E-state index in [2.05, 4.69) is 17.2 Å². The van der Waals surface area contributed by atoms with Crippen LogP contribution in [0.2, 0.25) is 0 Å². The van der Waals surface area contributed by atoms with Crippen LogP contribution in [0.25, 0.3) is 0 Å². The van der Waals surface area contributed by atoms with Gasteiger partial charge in [-0.05, 0) is 19.8 Å². The molecule has 0 heterocycles. The van der Waals surface area contributed by atoms with E-state index in [9.17, 15) is 5.11 Å². The summed E-state index contributed by atoms with van der Waals surface area (Å²) in [7, 11) is 0. The molecule has 0 saturated carbocycles. The first-order chi connectivity index (χ1) is 7.12. The highest BCUT2D eigenvalue weighted by Gasteiger charge is 2.14. The van der Waals surface area contributed by atoms with Gasteiger partial charge in [-0.25, -0.2) is 0 Å². The molecule has 3 nitrogen and oxygen atoms in total. The fraction of sp³-hybridized carbons (Fsp3) is 1.00. The van der Waals surface area contributed by atoms with E-state index in [-0.39, 0.29) is 0 Å². The molecule has 0 aliphatic carbocycles. The van der Waals surface area contributed by atoms with E-state index < -0.39 is 5.72 Å². The molecule has 0 fully saturated rings. The summed E-state index contributed by atoms with van der Waals surface area (Å²) in [5.41, 5.74) is -0.956. The molecule has 0 radical (unpaired) electrons. The molecule has 1 unspecified atom stereocenters. The highest BCUT2D eigenvalue weighted by Crippen LogP contribution is 2.11. The second kappa shape index (κ2) is 8.84. The third-order valence-electron chi connectivity index (χ3n) is 2.57. The maximum atomic E-state index is 9.54. The lowest BCUT2D eigenvalue weighted by Crippen LogP contribution is -2.18. The monoisotopic (exact) mass is 214 g/mol. The van der Waals surface area contributed by atoms with E-state index in [1.807, 2.05) is 6.92 Å². The number of azo groups is 1. The summed E-state index contributed by atoms with van der Waals surface area (Å²) in [5.74, 6) is 0. The molecule has 0 aliphatic rings. The molecular weight excluding hydrogens is 188 g/mol. The lowest BCUT2D eigenvalue weighted by atomic mass is 10.1. The first kappa shape index (κ1) is 14.6. The Kier molecular flexibility index (Phi) is 8.58. The standard InChI is InChI=1S/C12H26N2O/c1-4-6-7-8-9-10-11-13-14-12(3,15)5-2/h15H,4-11H2,1-3H3. The smallest absolute Gasteiger partial charge is 0.172 e. The lowest BCUT2D eigenvalue weighted by molar-refractivity contribution is 0.0571. The van der Waals surface area contributed by atoms with Gasteiger partial charge in [0, 0.05) is 0 Å². The van der Waals surface area contributed by atoms with Crippen LogP contribution in [0, 0.1) is 0 Å². The largest absolute Gasteiger partial charge is 0.368 e. The van der Waals surface area contributed by atoms with Crippen molar-refractivity contribution in [1.82, 2.24) is 0 Å². The molecule has 1 atom stereocenters. The van der Waals surface area contributed by atoms with Gasteiger partial charge in [0.25, 0.3) is 0 Å². The van der Waals surface area contributed by atoms with Gasteiger partial charge in [0.05, 0.1) is 6.54 Å². The minimum atomic E-state index is -0.956. The molecule has 1 N–H and O–H groups in total. The molecule has 0 saturated heterocycles. The van der Waals surface area contributed by atoms with Crippen LogP contribution >= 0.6 is 0 Å². The Balaban J connectivity index is 3.31. The number of hydrogen-bond donors (Lipinski definition) is 1. The summed E-state index contributed by atoms with van der Waals surface area (Å²) in [4.78, 5) is 0. The van der Waals surface area contributed by atoms with E-state index in [1.54, 1.807) is 6.92 Å². The summed E-state index contributed by atoms with van der Waals surface area (Å²) in [6.07, 6.45) is 8.20. The molecule has 0 aromatic carbocycles. The maximum absolute atomic E-state index is 9.54. The van der Waals surface area contributed by atoms with Crippen LogP contribution in [0.1, 0.15) is 65.7 Å². The van der Waals surface area contributed by atoms with Crippen LogP contribution in [0.15, 0.2) is 10.2 Å². The van der Waals surface area contributed by atoms with Crippen LogP contribution in [0.4, 0.5) is 0 Å². The third-order valence-corrected chi connectivity index (χ3v) is 2.57. The van der Waals surface area contributed by atoms with Gasteiger partial charge in [-0.15, -0.1) is 0 Å². The van der Waals surface area contributed by atoms with Gasteiger partial charge in [-0.1, -0.05) is 46.0 Å². The molecule has 0 aromatic heterocycles. The highest BCUT2D eigenvalue weighted by atomic mass is 16.3. The second-order valence-electron chi connectivity index (χ2n) is 4.30. The lowest BCUT2D eigenvalue weighted by Gasteiger charge is -2.12. The van der Waals surface area contributed by atoms with Crippen LogP contribution in [0.5, 0.6) is 0 Å². The quantitative estimate of drug-likeness (QED) is 0.459. The minimum Gasteiger partial charge on any atom is -0.368 e. The minimum absolute atomic E-state index is 0.618. The Bertz CT molecular complexity index is 167. The maximum Gasteiger partial charge on any atom is 0.172 e. The number of rotatable bonds is 9. The Labute approximate surface area is 94.0 Å². The fourth-order valence-corrected chi connectivity index (χ4v) is 1.24. The number of aliphatic hydroxyl groups is 1. The molecule has 90 valence electrons. The van der Waals surface area contributed by atoms with Crippen molar-refractivity contribution in [2.75, 3.05) is 6.54 Å². The van der Waals surface area contributed by atoms with Gasteiger partial charge >= 0.3 is 0 Å². The van der Waals surface area contributed by atoms with Crippen LogP contribution < -0.4 is 0 Å². The molecule has 0 spiro atoms. The Morgan fingerprint density at radius 2 is 1.60 bits per heavy atom. The molecule has 15 heavy (non-hydrogen) atoms. The summed E-state index contributed by atoms with van der Waals surface area (Å²) in [6.45, 7) is 6.57. The molecule has 0 rings (SSSR count). The highest BCUT2D eigenvalue weighted by molar-refractivity contribution is 4.63. The van der Waals surface area contributed by atoms with Crippen molar-refractivity contribution in [1.29, 1.82) is 0 Å². The van der Waals surface area contributed by atoms with Crippen molar-refractivity contribution >= 4 is 0 Å². The van der Waals surface area contributed by atoms with Crippen molar-refractivity contribution in [3.8, 4) is 0 Å². The number of nitrogens with zero attached hydrogens (tertiary/aromatic N) is 2. The molecule has 0 amide bonds. The molecule has 3 heteroatoms. The van der Waals surface area contributed by atoms with Gasteiger partial charge in [-0.2, -0.15) is 10.2 Å². The summed E-state index contributed by atoms with van der Waals surface area (Å²) in [6, 6.07) is 0. The van der Waals surface area contributed by atoms with Crippen molar-refractivity contribution in [3.63, 3.8) is 0 Å². The van der Waals surface area contributed by atoms with E-state index in [0.717, 1.165) is 13.0 Å². The van der Waals surface area contributed by atoms with Crippen LogP contribution in [0.3, 0.4) is 0 Å². The molecule has 0 aromatic rings. The fourth-order valence-electron chi connectivity index (χ4n) is 1.24. The second-order valence-corrected chi connectivity index (χ2v) is 4.30. The SMILES string of the molecule is CCCCCCCCN=NC(C)(O)CC. The Morgan fingerprint density at radius 3 is 2.20 bits per heavy atom. The van der Waals surface area contributed by atoms with Gasteiger partial charge in [-0.3, -0.25) is 0 Å². The van der Waals surface area contributed by atoms with Crippen molar-refractivity contribution in [2.45, 2.75) is 71.4 Å². The zero-order valence-corrected chi connectivity index (χ0v) is 10.5. The number of hydrogen-bond acceptors (Lipinski definition) is 3. The zero-order chi connectivity index (χ0) is 11.6. The summed E-state index contributed by atoms with van der Waals surface area (Å²) >= 11 is 0. The van der Waals surface area contributed by atoms with Gasteiger partial charge in [0.1, 0.15) is 0 Å². The topological polar surface area (TPSA) is 45.0 Å². The average Bonchev–Trinajstić information content (AvgIpc) is 2.22. The predicted octanol–water partition coefficient (Wildman–Crippen LogP) is 3.92. The van der Waals surface area contributed by atoms with Gasteiger partial charge < -0.3 is 5.11 Å². The first-order valence-corrected chi connectivity index (χ1v) is 6.23. The molecule has 0 aliphatic heterocycles. The van der Waals surface area contributed by atoms with E-state index >= 15 is 0 Å². The van der Waals surface area contributed by atoms with Crippen LogP contribution in [-0.2, 0) is 0 Å². The average molecular weight is 214 g/mol. The van der Waals surface area contributed by atoms with Gasteiger partial charge in [0.2, 0.25) is 0 Å². The van der Waals surface area contributed by atoms with Crippen molar-refractivity contribution < 1.29 is 5.11 Å². The van der Waals surface area contributed by atoms with E-state index in [4.69, 9.17) is 0 Å². The van der Waals surface area contributed by atoms with Crippen LogP contribution in [-0.4, -0.2) is 17.4 Å². The normalized spacial score (nSPS) is 15.7. The van der Waals surface area contributed by atoms with E-state index in [1.165, 1.54) is 32.1 Å². The first-order valence-electron chi connectivity index (χ1n) is 6.23. The summed E-state index contributed by atoms with van der Waals surface area (Å²) < 4.78 is 0. The zero-order valence-electron chi connectivity index (χ0n) is 10.5. The van der Waals surface area contributed by atoms with Gasteiger partial charge in [0.15, 0.2) is 5.72 Å². The van der Waals surface area contributed by atoms with Crippen molar-refractivity contribution in [3.05, 3.63) is 0 Å². The Hall–Kier alpha value is -0.440. The summed E-state index contributed by atoms with van der Waals surface area (Å²) in [5, 5.41) is 17.4. The predicted molar refractivity (Wildman–Crippen MR) is 64.0 cm³/mol. The molecular formula is C12H26N2O. The number of unbranched alkanes of at least 4 members (excludes halogenated alkanes) is 5.